The van der Waals surface area contributed by atoms with Crippen molar-refractivity contribution in [3.05, 3.63) is 83.9 Å². The highest BCUT2D eigenvalue weighted by atomic mass is 16.5. The van der Waals surface area contributed by atoms with Gasteiger partial charge >= 0.3 is 5.97 Å². The number of rotatable bonds is 9. The van der Waals surface area contributed by atoms with Crippen LogP contribution in [0.5, 0.6) is 5.75 Å². The maximum atomic E-state index is 12.5. The fraction of sp³-hybridized carbons (Fsp3) is 0.200. The summed E-state index contributed by atoms with van der Waals surface area (Å²) >= 11 is 0. The molecule has 0 saturated carbocycles. The highest BCUT2D eigenvalue weighted by Gasteiger charge is 2.16. The third-order valence-corrected chi connectivity index (χ3v) is 5.45. The van der Waals surface area contributed by atoms with Crippen molar-refractivity contribution in [3.8, 4) is 16.9 Å². The van der Waals surface area contributed by atoms with Crippen LogP contribution in [-0.2, 0) is 18.1 Å². The van der Waals surface area contributed by atoms with E-state index in [0.717, 1.165) is 22.6 Å². The van der Waals surface area contributed by atoms with Gasteiger partial charge in [-0.1, -0.05) is 48.5 Å². The number of carbonyl (C=O) groups excluding carboxylic acids is 1. The van der Waals surface area contributed by atoms with E-state index in [1.165, 1.54) is 16.9 Å². The number of hydrogen-bond donors (Lipinski definition) is 2. The Hall–Kier alpha value is -4.40. The average molecular weight is 460 g/mol. The van der Waals surface area contributed by atoms with Crippen molar-refractivity contribution in [1.82, 2.24) is 19.6 Å². The summed E-state index contributed by atoms with van der Waals surface area (Å²) in [5.41, 5.74) is 4.12. The molecule has 2 N–H and O–H groups in total. The summed E-state index contributed by atoms with van der Waals surface area (Å²) < 4.78 is 9.08. The van der Waals surface area contributed by atoms with Crippen LogP contribution in [0.3, 0.4) is 0 Å². The molecule has 0 aliphatic heterocycles. The van der Waals surface area contributed by atoms with Crippen LogP contribution in [-0.4, -0.2) is 36.5 Å². The largest absolute Gasteiger partial charge is 0.477 e. The molecule has 0 bridgehead atoms. The van der Waals surface area contributed by atoms with Gasteiger partial charge < -0.3 is 15.2 Å². The number of aryl methyl sites for hydroxylation is 2. The van der Waals surface area contributed by atoms with Gasteiger partial charge in [0.05, 0.1) is 23.6 Å². The second-order valence-corrected chi connectivity index (χ2v) is 7.72. The molecular weight excluding hydrogens is 434 g/mol. The van der Waals surface area contributed by atoms with Gasteiger partial charge in [0.15, 0.2) is 6.73 Å². The standard InChI is InChI=1S/C25H25N5O4/c1-17-24(27-23(31)13-15-29-21(25(32)33)12-14-26-29)18(2)30(28-17)16-34-22-11-7-6-10-20(22)19-8-4-3-5-9-19/h3-12,14H,13,15-16H2,1-2H3,(H,27,31)(H,32,33). The van der Waals surface area contributed by atoms with Crippen LogP contribution in [0, 0.1) is 13.8 Å². The molecule has 174 valence electrons. The fourth-order valence-corrected chi connectivity index (χ4v) is 3.68. The monoisotopic (exact) mass is 459 g/mol. The van der Waals surface area contributed by atoms with Crippen molar-refractivity contribution in [2.24, 2.45) is 0 Å². The zero-order chi connectivity index (χ0) is 24.1. The number of anilines is 1. The van der Waals surface area contributed by atoms with E-state index in [4.69, 9.17) is 9.84 Å². The van der Waals surface area contributed by atoms with Gasteiger partial charge in [-0.15, -0.1) is 0 Å². The first-order valence-electron chi connectivity index (χ1n) is 10.8. The average Bonchev–Trinajstić information content (AvgIpc) is 3.42. The predicted octanol–water partition coefficient (Wildman–Crippen LogP) is 4.13. The molecule has 0 spiro atoms. The normalized spacial score (nSPS) is 10.8. The highest BCUT2D eigenvalue weighted by Crippen LogP contribution is 2.30. The molecular formula is C25H25N5O4. The minimum absolute atomic E-state index is 0.0425. The number of carbonyl (C=O) groups is 2. The Labute approximate surface area is 196 Å². The van der Waals surface area contributed by atoms with Gasteiger partial charge in [-0.05, 0) is 31.5 Å². The summed E-state index contributed by atoms with van der Waals surface area (Å²) in [4.78, 5) is 23.7. The van der Waals surface area contributed by atoms with E-state index in [0.29, 0.717) is 11.4 Å². The van der Waals surface area contributed by atoms with E-state index in [1.54, 1.807) is 4.68 Å². The van der Waals surface area contributed by atoms with Gasteiger partial charge in [0.2, 0.25) is 5.91 Å². The second-order valence-electron chi connectivity index (χ2n) is 7.72. The molecule has 2 aromatic heterocycles. The number of carboxylic acid groups (broad SMARTS) is 1. The van der Waals surface area contributed by atoms with E-state index in [2.05, 4.69) is 15.5 Å². The lowest BCUT2D eigenvalue weighted by Crippen LogP contribution is -2.18. The van der Waals surface area contributed by atoms with Crippen molar-refractivity contribution in [3.63, 3.8) is 0 Å². The molecule has 9 heteroatoms. The quantitative estimate of drug-likeness (QED) is 0.389. The van der Waals surface area contributed by atoms with Crippen molar-refractivity contribution >= 4 is 17.6 Å². The third-order valence-electron chi connectivity index (χ3n) is 5.45. The molecule has 0 fully saturated rings. The van der Waals surface area contributed by atoms with Crippen LogP contribution >= 0.6 is 0 Å². The first-order chi connectivity index (χ1) is 16.4. The SMILES string of the molecule is Cc1nn(COc2ccccc2-c2ccccc2)c(C)c1NC(=O)CCn1nccc1C(=O)O. The number of ether oxygens (including phenoxy) is 1. The number of nitrogens with one attached hydrogen (secondary N) is 1. The first-order valence-corrected chi connectivity index (χ1v) is 10.8. The van der Waals surface area contributed by atoms with Crippen LogP contribution in [0.15, 0.2) is 66.9 Å². The number of carboxylic acids is 1. The Balaban J connectivity index is 1.42. The Bertz CT molecular complexity index is 1310. The summed E-state index contributed by atoms with van der Waals surface area (Å²) in [6.07, 6.45) is 1.47. The number of para-hydroxylation sites is 1. The van der Waals surface area contributed by atoms with Crippen LogP contribution in [0.4, 0.5) is 5.69 Å². The zero-order valence-corrected chi connectivity index (χ0v) is 18.9. The van der Waals surface area contributed by atoms with Gasteiger partial charge in [-0.2, -0.15) is 10.2 Å². The Kier molecular flexibility index (Phi) is 6.72. The zero-order valence-electron chi connectivity index (χ0n) is 18.9. The lowest BCUT2D eigenvalue weighted by atomic mass is 10.1. The van der Waals surface area contributed by atoms with E-state index in [-0.39, 0.29) is 31.3 Å². The predicted molar refractivity (Wildman–Crippen MR) is 127 cm³/mol. The number of aromatic carboxylic acids is 1. The molecule has 1 amide bonds. The minimum Gasteiger partial charge on any atom is -0.477 e. The lowest BCUT2D eigenvalue weighted by molar-refractivity contribution is -0.116. The third kappa shape index (κ3) is 4.98. The van der Waals surface area contributed by atoms with E-state index >= 15 is 0 Å². The number of hydrogen-bond acceptors (Lipinski definition) is 5. The van der Waals surface area contributed by atoms with Gasteiger partial charge in [-0.3, -0.25) is 9.48 Å². The molecule has 0 radical (unpaired) electrons. The number of benzene rings is 2. The topological polar surface area (TPSA) is 111 Å². The van der Waals surface area contributed by atoms with Crippen LogP contribution in [0.1, 0.15) is 28.3 Å². The highest BCUT2D eigenvalue weighted by molar-refractivity contribution is 5.92. The minimum atomic E-state index is -1.08. The van der Waals surface area contributed by atoms with E-state index < -0.39 is 5.97 Å². The van der Waals surface area contributed by atoms with Gasteiger partial charge in [0.25, 0.3) is 0 Å². The van der Waals surface area contributed by atoms with Crippen molar-refractivity contribution < 1.29 is 19.4 Å². The maximum absolute atomic E-state index is 12.5. The molecule has 4 aromatic rings. The van der Waals surface area contributed by atoms with Crippen LogP contribution in [0.25, 0.3) is 11.1 Å². The summed E-state index contributed by atoms with van der Waals surface area (Å²) in [6, 6.07) is 19.2. The lowest BCUT2D eigenvalue weighted by Gasteiger charge is -2.13. The Morgan fingerprint density at radius 1 is 1.00 bits per heavy atom. The van der Waals surface area contributed by atoms with E-state index in [1.807, 2.05) is 68.4 Å². The summed E-state index contributed by atoms with van der Waals surface area (Å²) in [5, 5.41) is 20.5. The number of amides is 1. The molecule has 34 heavy (non-hydrogen) atoms. The molecule has 2 heterocycles. The molecule has 0 unspecified atom stereocenters. The molecule has 0 aliphatic rings. The fourth-order valence-electron chi connectivity index (χ4n) is 3.68. The summed E-state index contributed by atoms with van der Waals surface area (Å²) in [6.45, 7) is 4.01. The second kappa shape index (κ2) is 10.0. The summed E-state index contributed by atoms with van der Waals surface area (Å²) in [5.74, 6) is -0.604. The first kappa shape index (κ1) is 22.8. The Morgan fingerprint density at radius 3 is 2.50 bits per heavy atom. The van der Waals surface area contributed by atoms with Crippen molar-refractivity contribution in [2.75, 3.05) is 5.32 Å². The van der Waals surface area contributed by atoms with Gasteiger partial charge in [0.1, 0.15) is 11.4 Å². The molecule has 4 rings (SSSR count). The van der Waals surface area contributed by atoms with Gasteiger partial charge in [-0.25, -0.2) is 9.48 Å². The Morgan fingerprint density at radius 2 is 1.74 bits per heavy atom. The van der Waals surface area contributed by atoms with Crippen molar-refractivity contribution in [1.29, 1.82) is 0 Å². The maximum Gasteiger partial charge on any atom is 0.354 e. The van der Waals surface area contributed by atoms with Gasteiger partial charge in [0, 0.05) is 18.2 Å². The number of aromatic nitrogens is 4. The molecule has 0 saturated heterocycles. The van der Waals surface area contributed by atoms with Crippen LogP contribution < -0.4 is 10.1 Å². The van der Waals surface area contributed by atoms with Crippen LogP contribution in [0.2, 0.25) is 0 Å². The molecule has 9 nitrogen and oxygen atoms in total. The molecule has 0 atom stereocenters. The van der Waals surface area contributed by atoms with Crippen molar-refractivity contribution in [2.45, 2.75) is 33.5 Å². The van der Waals surface area contributed by atoms with E-state index in [9.17, 15) is 9.59 Å². The molecule has 2 aromatic carbocycles. The smallest absolute Gasteiger partial charge is 0.354 e. The molecule has 0 aliphatic carbocycles. The summed E-state index contributed by atoms with van der Waals surface area (Å²) in [7, 11) is 0. The number of nitrogens with zero attached hydrogens (tertiary/aromatic N) is 4.